The Morgan fingerprint density at radius 1 is 0.667 bits per heavy atom. The Morgan fingerprint density at radius 2 is 1.29 bits per heavy atom. The normalized spacial score (nSPS) is 17.1. The fourth-order valence-corrected chi connectivity index (χ4v) is 6.15. The van der Waals surface area contributed by atoms with Crippen molar-refractivity contribution in [1.82, 2.24) is 0 Å². The predicted octanol–water partition coefficient (Wildman–Crippen LogP) is 11.8. The van der Waals surface area contributed by atoms with E-state index in [-0.39, 0.29) is 11.7 Å². The number of hydrogen-bond donors (Lipinski definition) is 0. The zero-order valence-corrected chi connectivity index (χ0v) is 25.9. The SMILES string of the molecule is CCCCCCOc1ccc(C2CCC(/C=C/CCc3ccc(-c4ccc(CCCCC)cc4)cc3)CC2)c(F)c1F. The summed E-state index contributed by atoms with van der Waals surface area (Å²) in [6, 6.07) is 21.4. The van der Waals surface area contributed by atoms with Gasteiger partial charge >= 0.3 is 0 Å². The summed E-state index contributed by atoms with van der Waals surface area (Å²) in [5, 5.41) is 0. The van der Waals surface area contributed by atoms with Crippen molar-refractivity contribution in [2.75, 3.05) is 6.61 Å². The summed E-state index contributed by atoms with van der Waals surface area (Å²) >= 11 is 0. The van der Waals surface area contributed by atoms with Gasteiger partial charge in [0.2, 0.25) is 5.82 Å². The van der Waals surface area contributed by atoms with Gasteiger partial charge in [0.15, 0.2) is 11.6 Å². The highest BCUT2D eigenvalue weighted by molar-refractivity contribution is 5.64. The molecule has 0 aliphatic heterocycles. The first-order valence-corrected chi connectivity index (χ1v) is 16.5. The maximum Gasteiger partial charge on any atom is 0.200 e. The van der Waals surface area contributed by atoms with Gasteiger partial charge in [0.1, 0.15) is 0 Å². The Morgan fingerprint density at radius 3 is 1.93 bits per heavy atom. The first kappa shape index (κ1) is 32.0. The lowest BCUT2D eigenvalue weighted by Crippen LogP contribution is -2.14. The molecule has 0 amide bonds. The lowest BCUT2D eigenvalue weighted by Gasteiger charge is -2.27. The van der Waals surface area contributed by atoms with E-state index >= 15 is 0 Å². The van der Waals surface area contributed by atoms with Crippen molar-refractivity contribution >= 4 is 0 Å². The second-order valence-corrected chi connectivity index (χ2v) is 12.1. The van der Waals surface area contributed by atoms with Crippen molar-refractivity contribution in [2.24, 2.45) is 5.92 Å². The van der Waals surface area contributed by atoms with Crippen molar-refractivity contribution in [3.63, 3.8) is 0 Å². The molecular weight excluding hydrogens is 522 g/mol. The highest BCUT2D eigenvalue weighted by Crippen LogP contribution is 2.39. The molecule has 0 aromatic heterocycles. The van der Waals surface area contributed by atoms with Crippen LogP contribution >= 0.6 is 0 Å². The van der Waals surface area contributed by atoms with E-state index in [0.717, 1.165) is 64.2 Å². The Hall–Kier alpha value is -2.94. The Kier molecular flexibility index (Phi) is 13.1. The lowest BCUT2D eigenvalue weighted by molar-refractivity contribution is 0.283. The van der Waals surface area contributed by atoms with Gasteiger partial charge in [-0.15, -0.1) is 0 Å². The number of benzene rings is 3. The zero-order valence-electron chi connectivity index (χ0n) is 25.9. The molecule has 226 valence electrons. The number of hydrogen-bond acceptors (Lipinski definition) is 1. The molecular formula is C39H50F2O. The molecule has 0 unspecified atom stereocenters. The first-order chi connectivity index (χ1) is 20.6. The van der Waals surface area contributed by atoms with E-state index in [1.165, 1.54) is 47.9 Å². The number of halogens is 2. The van der Waals surface area contributed by atoms with Gasteiger partial charge in [-0.25, -0.2) is 4.39 Å². The number of aryl methyl sites for hydroxylation is 2. The smallest absolute Gasteiger partial charge is 0.200 e. The van der Waals surface area contributed by atoms with Crippen molar-refractivity contribution in [3.05, 3.63) is 101 Å². The van der Waals surface area contributed by atoms with E-state index in [4.69, 9.17) is 4.74 Å². The third-order valence-corrected chi connectivity index (χ3v) is 8.86. The quantitative estimate of drug-likeness (QED) is 0.122. The van der Waals surface area contributed by atoms with Crippen LogP contribution in [0.5, 0.6) is 5.75 Å². The molecule has 3 aromatic carbocycles. The number of unbranched alkanes of at least 4 members (excludes halogenated alkanes) is 5. The monoisotopic (exact) mass is 572 g/mol. The molecule has 0 N–H and O–H groups in total. The van der Waals surface area contributed by atoms with E-state index in [9.17, 15) is 8.78 Å². The van der Waals surface area contributed by atoms with Gasteiger partial charge in [0.25, 0.3) is 0 Å². The molecule has 4 rings (SSSR count). The van der Waals surface area contributed by atoms with Crippen LogP contribution in [-0.2, 0) is 12.8 Å². The molecule has 0 heterocycles. The molecule has 0 radical (unpaired) electrons. The summed E-state index contributed by atoms with van der Waals surface area (Å²) in [7, 11) is 0. The molecule has 1 aliphatic carbocycles. The highest BCUT2D eigenvalue weighted by Gasteiger charge is 2.25. The number of ether oxygens (including phenoxy) is 1. The van der Waals surface area contributed by atoms with Crippen LogP contribution < -0.4 is 4.74 Å². The molecule has 0 atom stereocenters. The van der Waals surface area contributed by atoms with Crippen molar-refractivity contribution < 1.29 is 13.5 Å². The van der Waals surface area contributed by atoms with Crippen LogP contribution in [0.15, 0.2) is 72.8 Å². The minimum atomic E-state index is -0.825. The molecule has 0 saturated heterocycles. The van der Waals surface area contributed by atoms with Crippen LogP contribution in [0.2, 0.25) is 0 Å². The topological polar surface area (TPSA) is 9.23 Å². The maximum atomic E-state index is 14.9. The minimum absolute atomic E-state index is 0.0471. The average molecular weight is 573 g/mol. The lowest BCUT2D eigenvalue weighted by atomic mass is 9.78. The van der Waals surface area contributed by atoms with E-state index in [1.807, 2.05) is 0 Å². The molecule has 3 aromatic rings. The van der Waals surface area contributed by atoms with Gasteiger partial charge in [0, 0.05) is 0 Å². The van der Waals surface area contributed by atoms with Gasteiger partial charge in [-0.2, -0.15) is 4.39 Å². The summed E-state index contributed by atoms with van der Waals surface area (Å²) in [6.07, 6.45) is 19.7. The van der Waals surface area contributed by atoms with Gasteiger partial charge in [-0.3, -0.25) is 0 Å². The third-order valence-electron chi connectivity index (χ3n) is 8.86. The molecule has 42 heavy (non-hydrogen) atoms. The fraction of sp³-hybridized carbons (Fsp3) is 0.487. The standard InChI is InChI=1S/C39H50F2O/c1-3-5-7-11-29-42-37-28-27-36(38(40)39(37)41)35-25-19-32(20-26-35)14-10-9-13-31-17-23-34(24-18-31)33-21-15-30(16-22-33)12-8-6-4-2/h10,14-18,21-24,27-28,32,35H,3-9,11-13,19-20,25-26,29H2,1-2H3/b14-10+. The minimum Gasteiger partial charge on any atom is -0.490 e. The summed E-state index contributed by atoms with van der Waals surface area (Å²) in [6.45, 7) is 4.83. The van der Waals surface area contributed by atoms with Crippen molar-refractivity contribution in [1.29, 1.82) is 0 Å². The molecule has 1 aliphatic rings. The van der Waals surface area contributed by atoms with Gasteiger partial charge in [0.05, 0.1) is 6.61 Å². The molecule has 0 spiro atoms. The Balaban J connectivity index is 1.18. The van der Waals surface area contributed by atoms with Crippen LogP contribution in [0.3, 0.4) is 0 Å². The Bertz CT molecular complexity index is 1220. The van der Waals surface area contributed by atoms with E-state index in [1.54, 1.807) is 12.1 Å². The second-order valence-electron chi connectivity index (χ2n) is 12.1. The highest BCUT2D eigenvalue weighted by atomic mass is 19.2. The van der Waals surface area contributed by atoms with Crippen molar-refractivity contribution in [2.45, 2.75) is 110 Å². The van der Waals surface area contributed by atoms with Crippen LogP contribution in [-0.4, -0.2) is 6.61 Å². The van der Waals surface area contributed by atoms with Gasteiger partial charge < -0.3 is 4.74 Å². The molecule has 0 bridgehead atoms. The first-order valence-electron chi connectivity index (χ1n) is 16.5. The Labute approximate surface area is 253 Å². The predicted molar refractivity (Wildman–Crippen MR) is 173 cm³/mol. The number of rotatable bonds is 16. The maximum absolute atomic E-state index is 14.9. The second kappa shape index (κ2) is 17.2. The van der Waals surface area contributed by atoms with Crippen molar-refractivity contribution in [3.8, 4) is 16.9 Å². The summed E-state index contributed by atoms with van der Waals surface area (Å²) in [5.41, 5.74) is 5.85. The van der Waals surface area contributed by atoms with Gasteiger partial charge in [-0.1, -0.05) is 113 Å². The number of allylic oxidation sites excluding steroid dienone is 2. The average Bonchev–Trinajstić information content (AvgIpc) is 3.02. The molecule has 1 saturated carbocycles. The summed E-state index contributed by atoms with van der Waals surface area (Å²) in [5.74, 6) is -0.893. The van der Waals surface area contributed by atoms with Crippen LogP contribution in [0.4, 0.5) is 8.78 Å². The molecule has 3 heteroatoms. The van der Waals surface area contributed by atoms with Crippen LogP contribution in [0.25, 0.3) is 11.1 Å². The molecule has 1 nitrogen and oxygen atoms in total. The van der Waals surface area contributed by atoms with Crippen LogP contribution in [0.1, 0.15) is 114 Å². The third kappa shape index (κ3) is 9.54. The largest absolute Gasteiger partial charge is 0.490 e. The van der Waals surface area contributed by atoms with Crippen LogP contribution in [0, 0.1) is 17.6 Å². The molecule has 1 fully saturated rings. The zero-order chi connectivity index (χ0) is 29.6. The van der Waals surface area contributed by atoms with E-state index in [2.05, 4.69) is 74.5 Å². The fourth-order valence-electron chi connectivity index (χ4n) is 6.15. The van der Waals surface area contributed by atoms with E-state index < -0.39 is 11.6 Å². The van der Waals surface area contributed by atoms with E-state index in [0.29, 0.717) is 18.1 Å². The summed E-state index contributed by atoms with van der Waals surface area (Å²) < 4.78 is 35.1. The van der Waals surface area contributed by atoms with Gasteiger partial charge in [-0.05, 0) is 104 Å². The summed E-state index contributed by atoms with van der Waals surface area (Å²) in [4.78, 5) is 0.